The molecule has 0 saturated carbocycles. The molecule has 0 spiro atoms. The van der Waals surface area contributed by atoms with Gasteiger partial charge < -0.3 is 11.5 Å². The van der Waals surface area contributed by atoms with Gasteiger partial charge in [0.2, 0.25) is 0 Å². The predicted octanol–water partition coefficient (Wildman–Crippen LogP) is 0.684. The van der Waals surface area contributed by atoms with Crippen molar-refractivity contribution in [2.24, 2.45) is 11.5 Å². The Hall–Kier alpha value is -1.04. The molecule has 0 unspecified atom stereocenters. The highest BCUT2D eigenvalue weighted by molar-refractivity contribution is 5.18. The molecule has 0 bridgehead atoms. The molecule has 0 atom stereocenters. The standard InChI is InChI=1S/C11H17F2N3/c12-10-3-1-2-9(11(10)13)8-16(6-4-14)7-5-15/h1-3H,4-8,14-15H2. The van der Waals surface area contributed by atoms with Crippen LogP contribution in [0.5, 0.6) is 0 Å². The molecule has 1 rings (SSSR count). The maximum atomic E-state index is 13.4. The Morgan fingerprint density at radius 1 is 1.06 bits per heavy atom. The third-order valence-corrected chi connectivity index (χ3v) is 2.32. The molecule has 0 fully saturated rings. The fourth-order valence-electron chi connectivity index (χ4n) is 1.55. The third kappa shape index (κ3) is 3.52. The molecule has 5 heteroatoms. The van der Waals surface area contributed by atoms with Crippen LogP contribution in [0.2, 0.25) is 0 Å². The number of hydrogen-bond acceptors (Lipinski definition) is 3. The van der Waals surface area contributed by atoms with Crippen molar-refractivity contribution in [1.29, 1.82) is 0 Å². The molecule has 0 aromatic heterocycles. The van der Waals surface area contributed by atoms with E-state index in [1.165, 1.54) is 6.07 Å². The van der Waals surface area contributed by atoms with Crippen LogP contribution in [-0.4, -0.2) is 31.1 Å². The van der Waals surface area contributed by atoms with Crippen molar-refractivity contribution in [2.45, 2.75) is 6.54 Å². The average molecular weight is 229 g/mol. The largest absolute Gasteiger partial charge is 0.329 e. The fraction of sp³-hybridized carbons (Fsp3) is 0.455. The first-order valence-electron chi connectivity index (χ1n) is 5.24. The molecule has 3 nitrogen and oxygen atoms in total. The molecule has 0 aliphatic rings. The second kappa shape index (κ2) is 6.52. The zero-order valence-electron chi connectivity index (χ0n) is 9.13. The lowest BCUT2D eigenvalue weighted by Gasteiger charge is -2.20. The van der Waals surface area contributed by atoms with Crippen molar-refractivity contribution < 1.29 is 8.78 Å². The molecule has 0 saturated heterocycles. The van der Waals surface area contributed by atoms with E-state index >= 15 is 0 Å². The highest BCUT2D eigenvalue weighted by Crippen LogP contribution is 2.13. The molecule has 0 heterocycles. The van der Waals surface area contributed by atoms with Gasteiger partial charge in [-0.3, -0.25) is 4.90 Å². The SMILES string of the molecule is NCCN(CCN)Cc1cccc(F)c1F. The molecule has 0 amide bonds. The highest BCUT2D eigenvalue weighted by Gasteiger charge is 2.11. The zero-order valence-corrected chi connectivity index (χ0v) is 9.13. The van der Waals surface area contributed by atoms with Gasteiger partial charge in [0.05, 0.1) is 0 Å². The Balaban J connectivity index is 2.72. The first-order chi connectivity index (χ1) is 7.69. The molecule has 4 N–H and O–H groups in total. The summed E-state index contributed by atoms with van der Waals surface area (Å²) in [4.78, 5) is 1.90. The number of nitrogens with zero attached hydrogens (tertiary/aromatic N) is 1. The van der Waals surface area contributed by atoms with Crippen LogP contribution >= 0.6 is 0 Å². The summed E-state index contributed by atoms with van der Waals surface area (Å²) in [7, 11) is 0. The van der Waals surface area contributed by atoms with E-state index in [1.54, 1.807) is 6.07 Å². The monoisotopic (exact) mass is 229 g/mol. The van der Waals surface area contributed by atoms with Crippen molar-refractivity contribution >= 4 is 0 Å². The van der Waals surface area contributed by atoms with Crippen LogP contribution in [0.3, 0.4) is 0 Å². The van der Waals surface area contributed by atoms with Crippen molar-refractivity contribution in [2.75, 3.05) is 26.2 Å². The number of halogens is 2. The molecule has 0 aliphatic carbocycles. The van der Waals surface area contributed by atoms with Crippen LogP contribution in [0.4, 0.5) is 8.78 Å². The van der Waals surface area contributed by atoms with E-state index in [0.29, 0.717) is 38.3 Å². The summed E-state index contributed by atoms with van der Waals surface area (Å²) in [5, 5.41) is 0. The second-order valence-corrected chi connectivity index (χ2v) is 3.57. The van der Waals surface area contributed by atoms with Gasteiger partial charge in [-0.2, -0.15) is 0 Å². The lowest BCUT2D eigenvalue weighted by molar-refractivity contribution is 0.275. The van der Waals surface area contributed by atoms with Gasteiger partial charge in [-0.05, 0) is 6.07 Å². The van der Waals surface area contributed by atoms with E-state index in [1.807, 2.05) is 4.90 Å². The molecule has 90 valence electrons. The molecule has 1 aromatic rings. The Labute approximate surface area is 94.0 Å². The Morgan fingerprint density at radius 3 is 2.25 bits per heavy atom. The molecule has 16 heavy (non-hydrogen) atoms. The van der Waals surface area contributed by atoms with Crippen LogP contribution < -0.4 is 11.5 Å². The Bertz CT molecular complexity index is 325. The smallest absolute Gasteiger partial charge is 0.163 e. The van der Waals surface area contributed by atoms with Crippen LogP contribution in [0, 0.1) is 11.6 Å². The van der Waals surface area contributed by atoms with Crippen LogP contribution in [0.25, 0.3) is 0 Å². The van der Waals surface area contributed by atoms with Gasteiger partial charge >= 0.3 is 0 Å². The normalized spacial score (nSPS) is 11.1. The molecule has 0 radical (unpaired) electrons. The van der Waals surface area contributed by atoms with Gasteiger partial charge in [0.1, 0.15) is 0 Å². The summed E-state index contributed by atoms with van der Waals surface area (Å²) in [5.74, 6) is -1.61. The van der Waals surface area contributed by atoms with Gasteiger partial charge in [0.15, 0.2) is 11.6 Å². The van der Waals surface area contributed by atoms with E-state index in [-0.39, 0.29) is 0 Å². The van der Waals surface area contributed by atoms with E-state index in [2.05, 4.69) is 0 Å². The number of rotatable bonds is 6. The quantitative estimate of drug-likeness (QED) is 0.754. The zero-order chi connectivity index (χ0) is 12.0. The van der Waals surface area contributed by atoms with Gasteiger partial charge in [0.25, 0.3) is 0 Å². The predicted molar refractivity (Wildman–Crippen MR) is 59.7 cm³/mol. The van der Waals surface area contributed by atoms with Gasteiger partial charge in [-0.1, -0.05) is 12.1 Å². The Kier molecular flexibility index (Phi) is 5.31. The van der Waals surface area contributed by atoms with E-state index in [0.717, 1.165) is 6.07 Å². The summed E-state index contributed by atoms with van der Waals surface area (Å²) in [5.41, 5.74) is 11.2. The topological polar surface area (TPSA) is 55.3 Å². The molecular formula is C11H17F2N3. The minimum Gasteiger partial charge on any atom is -0.329 e. The van der Waals surface area contributed by atoms with Crippen molar-refractivity contribution in [3.05, 3.63) is 35.4 Å². The number of nitrogens with two attached hydrogens (primary N) is 2. The summed E-state index contributed by atoms with van der Waals surface area (Å²) < 4.78 is 26.3. The van der Waals surface area contributed by atoms with Crippen molar-refractivity contribution in [1.82, 2.24) is 4.90 Å². The van der Waals surface area contributed by atoms with Gasteiger partial charge in [-0.25, -0.2) is 8.78 Å². The van der Waals surface area contributed by atoms with Gasteiger partial charge in [-0.15, -0.1) is 0 Å². The summed E-state index contributed by atoms with van der Waals surface area (Å²) in [6.07, 6.45) is 0. The Morgan fingerprint density at radius 2 is 1.69 bits per heavy atom. The maximum absolute atomic E-state index is 13.4. The average Bonchev–Trinajstić information content (AvgIpc) is 2.25. The van der Waals surface area contributed by atoms with Crippen LogP contribution in [0.15, 0.2) is 18.2 Å². The van der Waals surface area contributed by atoms with Crippen molar-refractivity contribution in [3.63, 3.8) is 0 Å². The lowest BCUT2D eigenvalue weighted by Crippen LogP contribution is -2.33. The summed E-state index contributed by atoms with van der Waals surface area (Å²) >= 11 is 0. The summed E-state index contributed by atoms with van der Waals surface area (Å²) in [6.45, 7) is 2.51. The molecule has 0 aliphatic heterocycles. The summed E-state index contributed by atoms with van der Waals surface area (Å²) in [6, 6.07) is 4.17. The number of benzene rings is 1. The van der Waals surface area contributed by atoms with Crippen LogP contribution in [0.1, 0.15) is 5.56 Å². The second-order valence-electron chi connectivity index (χ2n) is 3.57. The first kappa shape index (κ1) is 13.0. The van der Waals surface area contributed by atoms with E-state index in [4.69, 9.17) is 11.5 Å². The van der Waals surface area contributed by atoms with E-state index in [9.17, 15) is 8.78 Å². The molecular weight excluding hydrogens is 212 g/mol. The highest BCUT2D eigenvalue weighted by atomic mass is 19.2. The molecule has 1 aromatic carbocycles. The van der Waals surface area contributed by atoms with E-state index < -0.39 is 11.6 Å². The van der Waals surface area contributed by atoms with Crippen LogP contribution in [-0.2, 0) is 6.54 Å². The maximum Gasteiger partial charge on any atom is 0.163 e. The first-order valence-corrected chi connectivity index (χ1v) is 5.24. The minimum absolute atomic E-state index is 0.331. The number of hydrogen-bond donors (Lipinski definition) is 2. The lowest BCUT2D eigenvalue weighted by atomic mass is 10.2. The third-order valence-electron chi connectivity index (χ3n) is 2.32. The van der Waals surface area contributed by atoms with Gasteiger partial charge in [0, 0.05) is 38.3 Å². The van der Waals surface area contributed by atoms with Crippen molar-refractivity contribution in [3.8, 4) is 0 Å². The minimum atomic E-state index is -0.821. The fourth-order valence-corrected chi connectivity index (χ4v) is 1.55.